The van der Waals surface area contributed by atoms with Crippen LogP contribution in [0.4, 0.5) is 0 Å². The maximum absolute atomic E-state index is 12.5. The van der Waals surface area contributed by atoms with Crippen LogP contribution >= 0.6 is 15.9 Å². The van der Waals surface area contributed by atoms with Gasteiger partial charge in [0.05, 0.1) is 0 Å². The summed E-state index contributed by atoms with van der Waals surface area (Å²) in [4.78, 5) is 25.5. The van der Waals surface area contributed by atoms with Crippen LogP contribution in [0.25, 0.3) is 0 Å². The van der Waals surface area contributed by atoms with E-state index in [0.717, 1.165) is 22.9 Å². The first-order chi connectivity index (χ1) is 9.00. The molecule has 1 heterocycles. The van der Waals surface area contributed by atoms with Crippen LogP contribution in [0.3, 0.4) is 0 Å². The van der Waals surface area contributed by atoms with E-state index in [9.17, 15) is 9.59 Å². The number of likely N-dealkylation sites (tertiary alicyclic amines) is 1. The Hall–Kier alpha value is -1.36. The lowest BCUT2D eigenvalue weighted by Crippen LogP contribution is -2.50. The lowest BCUT2D eigenvalue weighted by Gasteiger charge is -2.33. The van der Waals surface area contributed by atoms with Crippen LogP contribution in [-0.4, -0.2) is 29.3 Å². The number of amides is 2. The fourth-order valence-corrected chi connectivity index (χ4v) is 2.74. The number of rotatable bonds is 2. The topological polar surface area (TPSA) is 63.4 Å². The maximum Gasteiger partial charge on any atom is 0.254 e. The first kappa shape index (κ1) is 14.1. The van der Waals surface area contributed by atoms with E-state index in [1.54, 1.807) is 17.0 Å². The van der Waals surface area contributed by atoms with Gasteiger partial charge in [-0.2, -0.15) is 0 Å². The summed E-state index contributed by atoms with van der Waals surface area (Å²) < 4.78 is 0.894. The van der Waals surface area contributed by atoms with Crippen molar-refractivity contribution in [1.82, 2.24) is 4.90 Å². The summed E-state index contributed by atoms with van der Waals surface area (Å²) in [7, 11) is 0. The van der Waals surface area contributed by atoms with Crippen LogP contribution in [0, 0.1) is 6.92 Å². The van der Waals surface area contributed by atoms with Gasteiger partial charge in [0.25, 0.3) is 5.91 Å². The van der Waals surface area contributed by atoms with Gasteiger partial charge in [-0.15, -0.1) is 0 Å². The van der Waals surface area contributed by atoms with Gasteiger partial charge in [-0.1, -0.05) is 22.0 Å². The molecule has 1 unspecified atom stereocenters. The van der Waals surface area contributed by atoms with Crippen molar-refractivity contribution < 1.29 is 9.59 Å². The van der Waals surface area contributed by atoms with Crippen LogP contribution in [0.2, 0.25) is 0 Å². The number of hydrogen-bond donors (Lipinski definition) is 1. The molecule has 2 amide bonds. The highest BCUT2D eigenvalue weighted by atomic mass is 79.9. The number of halogens is 1. The molecule has 0 bridgehead atoms. The Morgan fingerprint density at radius 3 is 2.74 bits per heavy atom. The minimum Gasteiger partial charge on any atom is -0.368 e. The molecule has 1 aromatic carbocycles. The fraction of sp³-hybridized carbons (Fsp3) is 0.429. The molecule has 5 heteroatoms. The minimum atomic E-state index is -0.471. The summed E-state index contributed by atoms with van der Waals surface area (Å²) in [6.07, 6.45) is 2.52. The first-order valence-electron chi connectivity index (χ1n) is 6.37. The molecule has 1 aliphatic heterocycles. The predicted molar refractivity (Wildman–Crippen MR) is 76.7 cm³/mol. The number of aryl methyl sites for hydroxylation is 1. The number of hydrogen-bond acceptors (Lipinski definition) is 2. The average molecular weight is 325 g/mol. The number of primary amides is 1. The van der Waals surface area contributed by atoms with E-state index in [2.05, 4.69) is 15.9 Å². The smallest absolute Gasteiger partial charge is 0.254 e. The van der Waals surface area contributed by atoms with Crippen molar-refractivity contribution in [1.29, 1.82) is 0 Å². The molecule has 2 N–H and O–H groups in total. The van der Waals surface area contributed by atoms with E-state index in [0.29, 0.717) is 18.5 Å². The SMILES string of the molecule is Cc1ccc(C(=O)N2CCCCC2C(N)=O)cc1Br. The van der Waals surface area contributed by atoms with Crippen molar-refractivity contribution in [2.45, 2.75) is 32.2 Å². The largest absolute Gasteiger partial charge is 0.368 e. The van der Waals surface area contributed by atoms with Gasteiger partial charge in [-0.25, -0.2) is 0 Å². The van der Waals surface area contributed by atoms with Crippen molar-refractivity contribution >= 4 is 27.7 Å². The molecule has 1 saturated heterocycles. The van der Waals surface area contributed by atoms with Gasteiger partial charge in [-0.3, -0.25) is 9.59 Å². The van der Waals surface area contributed by atoms with Gasteiger partial charge in [0.1, 0.15) is 6.04 Å². The Morgan fingerprint density at radius 2 is 2.11 bits per heavy atom. The molecule has 0 aliphatic carbocycles. The van der Waals surface area contributed by atoms with Crippen molar-refractivity contribution in [2.24, 2.45) is 5.73 Å². The van der Waals surface area contributed by atoms with E-state index >= 15 is 0 Å². The van der Waals surface area contributed by atoms with Crippen LogP contribution in [0.15, 0.2) is 22.7 Å². The Labute approximate surface area is 121 Å². The molecule has 1 atom stereocenters. The molecular formula is C14H17BrN2O2. The molecule has 0 aromatic heterocycles. The normalized spacial score (nSPS) is 19.3. The Balaban J connectivity index is 2.26. The van der Waals surface area contributed by atoms with E-state index < -0.39 is 11.9 Å². The van der Waals surface area contributed by atoms with E-state index in [-0.39, 0.29) is 5.91 Å². The maximum atomic E-state index is 12.5. The molecule has 1 aromatic rings. The van der Waals surface area contributed by atoms with Crippen LogP contribution in [0.5, 0.6) is 0 Å². The van der Waals surface area contributed by atoms with Crippen LogP contribution in [-0.2, 0) is 4.79 Å². The van der Waals surface area contributed by atoms with Gasteiger partial charge in [0.15, 0.2) is 0 Å². The standard InChI is InChI=1S/C14H17BrN2O2/c1-9-5-6-10(8-11(9)15)14(19)17-7-3-2-4-12(17)13(16)18/h5-6,8,12H,2-4,7H2,1H3,(H2,16,18). The minimum absolute atomic E-state index is 0.121. The zero-order chi connectivity index (χ0) is 14.0. The summed E-state index contributed by atoms with van der Waals surface area (Å²) in [6.45, 7) is 2.56. The zero-order valence-electron chi connectivity index (χ0n) is 10.9. The predicted octanol–water partition coefficient (Wildman–Crippen LogP) is 2.24. The fourth-order valence-electron chi connectivity index (χ4n) is 2.36. The Morgan fingerprint density at radius 1 is 1.37 bits per heavy atom. The summed E-state index contributed by atoms with van der Waals surface area (Å²) in [6, 6.07) is 5.00. The highest BCUT2D eigenvalue weighted by molar-refractivity contribution is 9.10. The third kappa shape index (κ3) is 2.97. The molecule has 2 rings (SSSR count). The van der Waals surface area contributed by atoms with Crippen LogP contribution in [0.1, 0.15) is 35.2 Å². The van der Waals surface area contributed by atoms with Crippen molar-refractivity contribution in [2.75, 3.05) is 6.54 Å². The van der Waals surface area contributed by atoms with Gasteiger partial charge < -0.3 is 10.6 Å². The van der Waals surface area contributed by atoms with E-state index in [1.165, 1.54) is 0 Å². The molecule has 4 nitrogen and oxygen atoms in total. The summed E-state index contributed by atoms with van der Waals surface area (Å²) in [5.74, 6) is -0.538. The molecule has 0 saturated carbocycles. The Bertz CT molecular complexity index is 516. The number of piperidine rings is 1. The lowest BCUT2D eigenvalue weighted by molar-refractivity contribution is -0.123. The van der Waals surface area contributed by atoms with Gasteiger partial charge in [0.2, 0.25) is 5.91 Å². The molecule has 1 aliphatic rings. The monoisotopic (exact) mass is 324 g/mol. The van der Waals surface area contributed by atoms with Crippen molar-refractivity contribution in [3.8, 4) is 0 Å². The third-order valence-electron chi connectivity index (χ3n) is 3.51. The highest BCUT2D eigenvalue weighted by Crippen LogP contribution is 2.22. The number of carbonyl (C=O) groups excluding carboxylic acids is 2. The quantitative estimate of drug-likeness (QED) is 0.906. The molecule has 1 fully saturated rings. The molecule has 0 radical (unpaired) electrons. The lowest BCUT2D eigenvalue weighted by atomic mass is 10.00. The van der Waals surface area contributed by atoms with Crippen molar-refractivity contribution in [3.63, 3.8) is 0 Å². The third-order valence-corrected chi connectivity index (χ3v) is 4.37. The van der Waals surface area contributed by atoms with Crippen molar-refractivity contribution in [3.05, 3.63) is 33.8 Å². The number of nitrogens with two attached hydrogens (primary N) is 1. The first-order valence-corrected chi connectivity index (χ1v) is 7.16. The number of nitrogens with zero attached hydrogens (tertiary/aromatic N) is 1. The summed E-state index contributed by atoms with van der Waals surface area (Å²) in [5.41, 5.74) is 7.04. The second kappa shape index (κ2) is 5.74. The van der Waals surface area contributed by atoms with Gasteiger partial charge in [0, 0.05) is 16.6 Å². The molecule has 102 valence electrons. The van der Waals surface area contributed by atoms with Gasteiger partial charge >= 0.3 is 0 Å². The number of benzene rings is 1. The van der Waals surface area contributed by atoms with Crippen LogP contribution < -0.4 is 5.73 Å². The summed E-state index contributed by atoms with van der Waals surface area (Å²) >= 11 is 3.42. The molecule has 0 spiro atoms. The molecule has 19 heavy (non-hydrogen) atoms. The van der Waals surface area contributed by atoms with E-state index in [4.69, 9.17) is 5.73 Å². The zero-order valence-corrected chi connectivity index (χ0v) is 12.4. The number of carbonyl (C=O) groups is 2. The highest BCUT2D eigenvalue weighted by Gasteiger charge is 2.31. The van der Waals surface area contributed by atoms with E-state index in [1.807, 2.05) is 13.0 Å². The average Bonchev–Trinajstić information content (AvgIpc) is 2.41. The second-order valence-electron chi connectivity index (χ2n) is 4.88. The Kier molecular flexibility index (Phi) is 4.24. The molecular weight excluding hydrogens is 308 g/mol. The second-order valence-corrected chi connectivity index (χ2v) is 5.73. The van der Waals surface area contributed by atoms with Gasteiger partial charge in [-0.05, 0) is 43.9 Å². The summed E-state index contributed by atoms with van der Waals surface area (Å²) in [5, 5.41) is 0.